The van der Waals surface area contributed by atoms with E-state index in [0.29, 0.717) is 30.9 Å². The standard InChI is InChI=1S/C23H28N2O4S2/c1-17-19-11-15-30-21(19)10-14-25(17)23(26)9-7-18-6-8-20(29-2)22(16-18)31(27,28)24-12-4-3-5-13-24/h6-9,11,15-17H,3-5,10,12-14H2,1-2H3/b9-7+. The number of nitrogens with zero attached hydrogens (tertiary/aromatic N) is 2. The summed E-state index contributed by atoms with van der Waals surface area (Å²) in [5.74, 6) is 0.254. The number of hydrogen-bond acceptors (Lipinski definition) is 5. The first-order chi connectivity index (χ1) is 14.9. The molecule has 2 aliphatic rings. The molecule has 3 heterocycles. The molecule has 0 spiro atoms. The number of sulfonamides is 1. The lowest BCUT2D eigenvalue weighted by Crippen LogP contribution is -2.37. The van der Waals surface area contributed by atoms with Gasteiger partial charge in [0.2, 0.25) is 15.9 Å². The van der Waals surface area contributed by atoms with Crippen molar-refractivity contribution in [3.63, 3.8) is 0 Å². The van der Waals surface area contributed by atoms with E-state index in [2.05, 4.69) is 11.4 Å². The molecule has 4 rings (SSSR count). The van der Waals surface area contributed by atoms with Gasteiger partial charge < -0.3 is 9.64 Å². The maximum atomic E-state index is 13.2. The van der Waals surface area contributed by atoms with Gasteiger partial charge in [-0.2, -0.15) is 4.31 Å². The number of thiophene rings is 1. The first-order valence-corrected chi connectivity index (χ1v) is 13.0. The largest absolute Gasteiger partial charge is 0.495 e. The molecule has 166 valence electrons. The fourth-order valence-corrected chi connectivity index (χ4v) is 6.99. The molecule has 1 fully saturated rings. The molecule has 1 amide bonds. The fourth-order valence-electron chi connectivity index (χ4n) is 4.32. The van der Waals surface area contributed by atoms with Crippen LogP contribution in [0.2, 0.25) is 0 Å². The van der Waals surface area contributed by atoms with Crippen LogP contribution in [-0.2, 0) is 21.2 Å². The Balaban J connectivity index is 1.56. The van der Waals surface area contributed by atoms with Crippen molar-refractivity contribution in [1.82, 2.24) is 9.21 Å². The minimum Gasteiger partial charge on any atom is -0.495 e. The van der Waals surface area contributed by atoms with Gasteiger partial charge in [-0.05, 0) is 67.0 Å². The molecule has 6 nitrogen and oxygen atoms in total. The highest BCUT2D eigenvalue weighted by atomic mass is 32.2. The third kappa shape index (κ3) is 4.42. The van der Waals surface area contributed by atoms with Crippen LogP contribution in [0, 0.1) is 0 Å². The number of carbonyl (C=O) groups excluding carboxylic acids is 1. The van der Waals surface area contributed by atoms with Crippen molar-refractivity contribution in [3.8, 4) is 5.75 Å². The van der Waals surface area contributed by atoms with Gasteiger partial charge in [-0.15, -0.1) is 11.3 Å². The van der Waals surface area contributed by atoms with Gasteiger partial charge in [0.25, 0.3) is 0 Å². The molecule has 2 aromatic rings. The zero-order valence-electron chi connectivity index (χ0n) is 17.9. The van der Waals surface area contributed by atoms with Crippen LogP contribution >= 0.6 is 11.3 Å². The average Bonchev–Trinajstić information content (AvgIpc) is 3.28. The molecule has 1 aromatic carbocycles. The number of piperidine rings is 1. The molecule has 0 saturated carbocycles. The minimum absolute atomic E-state index is 0.0399. The number of ether oxygens (including phenoxy) is 1. The first kappa shape index (κ1) is 22.0. The quantitative estimate of drug-likeness (QED) is 0.631. The summed E-state index contributed by atoms with van der Waals surface area (Å²) in [6, 6.07) is 7.16. The third-order valence-electron chi connectivity index (χ3n) is 6.10. The number of hydrogen-bond donors (Lipinski definition) is 0. The smallest absolute Gasteiger partial charge is 0.247 e. The lowest BCUT2D eigenvalue weighted by Gasteiger charge is -2.32. The number of carbonyl (C=O) groups is 1. The molecular weight excluding hydrogens is 432 g/mol. The summed E-state index contributed by atoms with van der Waals surface area (Å²) >= 11 is 1.74. The van der Waals surface area contributed by atoms with Gasteiger partial charge >= 0.3 is 0 Å². The Morgan fingerprint density at radius 2 is 1.94 bits per heavy atom. The van der Waals surface area contributed by atoms with E-state index in [1.54, 1.807) is 35.6 Å². The minimum atomic E-state index is -3.64. The second kappa shape index (κ2) is 9.14. The summed E-state index contributed by atoms with van der Waals surface area (Å²) in [6.07, 6.45) is 6.89. The average molecular weight is 461 g/mol. The van der Waals surface area contributed by atoms with Crippen molar-refractivity contribution in [2.75, 3.05) is 26.7 Å². The van der Waals surface area contributed by atoms with E-state index in [9.17, 15) is 13.2 Å². The molecular formula is C23H28N2O4S2. The second-order valence-electron chi connectivity index (χ2n) is 7.97. The van der Waals surface area contributed by atoms with Crippen LogP contribution in [0.25, 0.3) is 6.08 Å². The molecule has 1 unspecified atom stereocenters. The van der Waals surface area contributed by atoms with E-state index >= 15 is 0 Å². The van der Waals surface area contributed by atoms with Crippen LogP contribution in [-0.4, -0.2) is 50.3 Å². The predicted molar refractivity (Wildman–Crippen MR) is 123 cm³/mol. The Bertz CT molecular complexity index is 1080. The topological polar surface area (TPSA) is 66.9 Å². The van der Waals surface area contributed by atoms with Crippen LogP contribution in [0.5, 0.6) is 5.75 Å². The number of amides is 1. The van der Waals surface area contributed by atoms with Gasteiger partial charge in [0.1, 0.15) is 10.6 Å². The monoisotopic (exact) mass is 460 g/mol. The zero-order chi connectivity index (χ0) is 22.0. The summed E-state index contributed by atoms with van der Waals surface area (Å²) in [4.78, 5) is 16.2. The van der Waals surface area contributed by atoms with Crippen LogP contribution in [0.1, 0.15) is 48.2 Å². The summed E-state index contributed by atoms with van der Waals surface area (Å²) in [5, 5.41) is 2.08. The van der Waals surface area contributed by atoms with Crippen LogP contribution in [0.15, 0.2) is 40.6 Å². The van der Waals surface area contributed by atoms with Crippen LogP contribution in [0.3, 0.4) is 0 Å². The van der Waals surface area contributed by atoms with E-state index in [4.69, 9.17) is 4.74 Å². The number of fused-ring (bicyclic) bond motifs is 1. The molecule has 0 N–H and O–H groups in total. The molecule has 0 aliphatic carbocycles. The molecule has 31 heavy (non-hydrogen) atoms. The van der Waals surface area contributed by atoms with Gasteiger partial charge in [0.05, 0.1) is 13.2 Å². The molecule has 2 aliphatic heterocycles. The molecule has 0 bridgehead atoms. The van der Waals surface area contributed by atoms with Crippen LogP contribution < -0.4 is 4.74 Å². The van der Waals surface area contributed by atoms with E-state index in [1.165, 1.54) is 27.9 Å². The van der Waals surface area contributed by atoms with Crippen molar-refractivity contribution < 1.29 is 17.9 Å². The van der Waals surface area contributed by atoms with Crippen LogP contribution in [0.4, 0.5) is 0 Å². The van der Waals surface area contributed by atoms with Crippen molar-refractivity contribution >= 4 is 33.3 Å². The van der Waals surface area contributed by atoms with Crippen molar-refractivity contribution in [1.29, 1.82) is 0 Å². The van der Waals surface area contributed by atoms with E-state index in [1.807, 2.05) is 11.8 Å². The number of benzene rings is 1. The Morgan fingerprint density at radius 1 is 1.16 bits per heavy atom. The summed E-state index contributed by atoms with van der Waals surface area (Å²) < 4.78 is 33.2. The lowest BCUT2D eigenvalue weighted by molar-refractivity contribution is -0.128. The maximum Gasteiger partial charge on any atom is 0.247 e. The summed E-state index contributed by atoms with van der Waals surface area (Å²) in [7, 11) is -2.17. The third-order valence-corrected chi connectivity index (χ3v) is 9.02. The summed E-state index contributed by atoms with van der Waals surface area (Å²) in [5.41, 5.74) is 1.88. The number of rotatable bonds is 5. The molecule has 0 radical (unpaired) electrons. The van der Waals surface area contributed by atoms with E-state index < -0.39 is 10.0 Å². The highest BCUT2D eigenvalue weighted by Crippen LogP contribution is 2.33. The molecule has 8 heteroatoms. The van der Waals surface area contributed by atoms with E-state index in [0.717, 1.165) is 25.7 Å². The van der Waals surface area contributed by atoms with Gasteiger partial charge in [-0.1, -0.05) is 12.5 Å². The summed E-state index contributed by atoms with van der Waals surface area (Å²) in [6.45, 7) is 3.80. The second-order valence-corrected chi connectivity index (χ2v) is 10.9. The van der Waals surface area contributed by atoms with Crippen molar-refractivity contribution in [3.05, 3.63) is 51.7 Å². The SMILES string of the molecule is COc1ccc(/C=C/C(=O)N2CCc3sccc3C2C)cc1S(=O)(=O)N1CCCCC1. The molecule has 1 aromatic heterocycles. The highest BCUT2D eigenvalue weighted by molar-refractivity contribution is 7.89. The van der Waals surface area contributed by atoms with Crippen molar-refractivity contribution in [2.45, 2.75) is 43.5 Å². The van der Waals surface area contributed by atoms with Gasteiger partial charge in [0, 0.05) is 30.6 Å². The predicted octanol–water partition coefficient (Wildman–Crippen LogP) is 4.09. The maximum absolute atomic E-state index is 13.2. The first-order valence-electron chi connectivity index (χ1n) is 10.6. The van der Waals surface area contributed by atoms with E-state index in [-0.39, 0.29) is 16.8 Å². The zero-order valence-corrected chi connectivity index (χ0v) is 19.5. The van der Waals surface area contributed by atoms with Gasteiger partial charge in [0.15, 0.2) is 0 Å². The Morgan fingerprint density at radius 3 is 2.68 bits per heavy atom. The number of methoxy groups -OCH3 is 1. The molecule has 1 atom stereocenters. The van der Waals surface area contributed by atoms with Crippen molar-refractivity contribution in [2.24, 2.45) is 0 Å². The molecule has 1 saturated heterocycles. The Hall–Kier alpha value is -2.16. The van der Waals surface area contributed by atoms with Gasteiger partial charge in [-0.25, -0.2) is 8.42 Å². The lowest BCUT2D eigenvalue weighted by atomic mass is 10.0. The highest BCUT2D eigenvalue weighted by Gasteiger charge is 2.29. The fraction of sp³-hybridized carbons (Fsp3) is 0.435. The normalized spacial score (nSPS) is 20.1. The Labute approximate surface area is 188 Å². The Kier molecular flexibility index (Phi) is 6.50. The van der Waals surface area contributed by atoms with Gasteiger partial charge in [-0.3, -0.25) is 4.79 Å².